The van der Waals surface area contributed by atoms with Crippen LogP contribution in [0, 0.1) is 5.92 Å². The maximum absolute atomic E-state index is 5.78. The number of hydrogen-bond donors (Lipinski definition) is 1. The standard InChI is InChI=1S/C13H23N3O2/c1-4-7-14-10(5-2)12-15-16-13(18-12)11-9(3)6-8-17-11/h9-11,14H,4-8H2,1-3H3. The average Bonchev–Trinajstić information content (AvgIpc) is 2.99. The summed E-state index contributed by atoms with van der Waals surface area (Å²) in [5, 5.41) is 11.7. The van der Waals surface area contributed by atoms with Crippen molar-refractivity contribution in [2.24, 2.45) is 5.92 Å². The Morgan fingerprint density at radius 1 is 1.39 bits per heavy atom. The first-order valence-electron chi connectivity index (χ1n) is 6.94. The van der Waals surface area contributed by atoms with Crippen LogP contribution in [0.1, 0.15) is 64.0 Å². The molecule has 2 heterocycles. The van der Waals surface area contributed by atoms with Crippen LogP contribution in [0.4, 0.5) is 0 Å². The number of nitrogens with one attached hydrogen (secondary N) is 1. The van der Waals surface area contributed by atoms with Gasteiger partial charge in [-0.2, -0.15) is 0 Å². The molecule has 0 bridgehead atoms. The lowest BCUT2D eigenvalue weighted by Crippen LogP contribution is -2.21. The summed E-state index contributed by atoms with van der Waals surface area (Å²) in [6.45, 7) is 8.18. The molecule has 0 spiro atoms. The Labute approximate surface area is 108 Å². The van der Waals surface area contributed by atoms with Crippen LogP contribution >= 0.6 is 0 Å². The number of nitrogens with zero attached hydrogens (tertiary/aromatic N) is 2. The van der Waals surface area contributed by atoms with E-state index in [2.05, 4.69) is 36.3 Å². The molecule has 0 radical (unpaired) electrons. The van der Waals surface area contributed by atoms with Gasteiger partial charge in [-0.25, -0.2) is 0 Å². The maximum atomic E-state index is 5.78. The van der Waals surface area contributed by atoms with Crippen molar-refractivity contribution in [2.45, 2.75) is 52.2 Å². The van der Waals surface area contributed by atoms with Crippen molar-refractivity contribution in [3.05, 3.63) is 11.8 Å². The highest BCUT2D eigenvalue weighted by atomic mass is 16.5. The van der Waals surface area contributed by atoms with E-state index in [1.54, 1.807) is 0 Å². The van der Waals surface area contributed by atoms with Crippen molar-refractivity contribution in [3.63, 3.8) is 0 Å². The first kappa shape index (κ1) is 13.5. The predicted molar refractivity (Wildman–Crippen MR) is 68.1 cm³/mol. The second-order valence-electron chi connectivity index (χ2n) is 4.95. The van der Waals surface area contributed by atoms with Crippen LogP contribution in [0.2, 0.25) is 0 Å². The van der Waals surface area contributed by atoms with Gasteiger partial charge in [-0.05, 0) is 31.7 Å². The van der Waals surface area contributed by atoms with E-state index in [0.29, 0.717) is 17.7 Å². The van der Waals surface area contributed by atoms with Gasteiger partial charge in [0.05, 0.1) is 6.04 Å². The molecular formula is C13H23N3O2. The second kappa shape index (κ2) is 6.29. The zero-order valence-corrected chi connectivity index (χ0v) is 11.5. The summed E-state index contributed by atoms with van der Waals surface area (Å²) in [6.07, 6.45) is 3.09. The molecule has 1 aromatic heterocycles. The summed E-state index contributed by atoms with van der Waals surface area (Å²) in [5.74, 6) is 1.78. The third kappa shape index (κ3) is 2.90. The highest BCUT2D eigenvalue weighted by Gasteiger charge is 2.31. The van der Waals surface area contributed by atoms with Gasteiger partial charge in [0.15, 0.2) is 0 Å². The van der Waals surface area contributed by atoms with Crippen LogP contribution in [-0.4, -0.2) is 23.3 Å². The van der Waals surface area contributed by atoms with Crippen molar-refractivity contribution in [1.82, 2.24) is 15.5 Å². The molecule has 2 rings (SSSR count). The zero-order chi connectivity index (χ0) is 13.0. The molecule has 1 fully saturated rings. The normalized spacial score (nSPS) is 25.5. The Morgan fingerprint density at radius 2 is 2.22 bits per heavy atom. The molecule has 0 aliphatic carbocycles. The maximum Gasteiger partial charge on any atom is 0.245 e. The molecule has 0 aromatic carbocycles. The minimum absolute atomic E-state index is 0.0186. The van der Waals surface area contributed by atoms with Gasteiger partial charge in [0, 0.05) is 6.61 Å². The Hall–Kier alpha value is -0.940. The average molecular weight is 253 g/mol. The molecule has 1 aliphatic rings. The minimum Gasteiger partial charge on any atom is -0.421 e. The molecule has 1 N–H and O–H groups in total. The first-order chi connectivity index (χ1) is 8.76. The lowest BCUT2D eigenvalue weighted by molar-refractivity contribution is 0.0698. The second-order valence-corrected chi connectivity index (χ2v) is 4.95. The molecular weight excluding hydrogens is 230 g/mol. The molecule has 1 aromatic rings. The molecule has 0 saturated carbocycles. The third-order valence-electron chi connectivity index (χ3n) is 3.43. The molecule has 102 valence electrons. The van der Waals surface area contributed by atoms with Crippen LogP contribution < -0.4 is 5.32 Å². The smallest absolute Gasteiger partial charge is 0.245 e. The summed E-state index contributed by atoms with van der Waals surface area (Å²) >= 11 is 0. The van der Waals surface area contributed by atoms with Gasteiger partial charge in [0.1, 0.15) is 6.10 Å². The van der Waals surface area contributed by atoms with Crippen molar-refractivity contribution < 1.29 is 9.15 Å². The van der Waals surface area contributed by atoms with E-state index in [9.17, 15) is 0 Å². The van der Waals surface area contributed by atoms with E-state index in [0.717, 1.165) is 32.4 Å². The van der Waals surface area contributed by atoms with Gasteiger partial charge in [0.25, 0.3) is 0 Å². The number of hydrogen-bond acceptors (Lipinski definition) is 5. The zero-order valence-electron chi connectivity index (χ0n) is 11.5. The third-order valence-corrected chi connectivity index (χ3v) is 3.43. The number of aromatic nitrogens is 2. The monoisotopic (exact) mass is 253 g/mol. The molecule has 5 nitrogen and oxygen atoms in total. The molecule has 1 aliphatic heterocycles. The Balaban J connectivity index is 2.04. The van der Waals surface area contributed by atoms with Crippen molar-refractivity contribution in [2.75, 3.05) is 13.2 Å². The van der Waals surface area contributed by atoms with Crippen molar-refractivity contribution >= 4 is 0 Å². The molecule has 3 unspecified atom stereocenters. The highest BCUT2D eigenvalue weighted by Crippen LogP contribution is 2.33. The van der Waals surface area contributed by atoms with Gasteiger partial charge >= 0.3 is 0 Å². The molecule has 1 saturated heterocycles. The van der Waals surface area contributed by atoms with Gasteiger partial charge in [-0.15, -0.1) is 10.2 Å². The van der Waals surface area contributed by atoms with Crippen molar-refractivity contribution in [1.29, 1.82) is 0 Å². The van der Waals surface area contributed by atoms with E-state index >= 15 is 0 Å². The summed E-state index contributed by atoms with van der Waals surface area (Å²) < 4.78 is 11.4. The van der Waals surface area contributed by atoms with Crippen LogP contribution in [0.3, 0.4) is 0 Å². The van der Waals surface area contributed by atoms with Crippen LogP contribution in [0.15, 0.2) is 4.42 Å². The highest BCUT2D eigenvalue weighted by molar-refractivity contribution is 4.95. The lowest BCUT2D eigenvalue weighted by atomic mass is 10.0. The van der Waals surface area contributed by atoms with Gasteiger partial charge < -0.3 is 14.5 Å². The Bertz CT molecular complexity index is 367. The lowest BCUT2D eigenvalue weighted by Gasteiger charge is -2.12. The summed E-state index contributed by atoms with van der Waals surface area (Å²) in [6, 6.07) is 0.155. The fraction of sp³-hybridized carbons (Fsp3) is 0.846. The van der Waals surface area contributed by atoms with Gasteiger partial charge in [-0.3, -0.25) is 0 Å². The largest absolute Gasteiger partial charge is 0.421 e. The van der Waals surface area contributed by atoms with E-state index < -0.39 is 0 Å². The Morgan fingerprint density at radius 3 is 2.83 bits per heavy atom. The van der Waals surface area contributed by atoms with Crippen LogP contribution in [-0.2, 0) is 4.74 Å². The predicted octanol–water partition coefficient (Wildman–Crippen LogP) is 2.62. The Kier molecular flexibility index (Phi) is 4.72. The topological polar surface area (TPSA) is 60.2 Å². The molecule has 3 atom stereocenters. The van der Waals surface area contributed by atoms with Crippen LogP contribution in [0.5, 0.6) is 0 Å². The fourth-order valence-electron chi connectivity index (χ4n) is 2.24. The quantitative estimate of drug-likeness (QED) is 0.844. The fourth-order valence-corrected chi connectivity index (χ4v) is 2.24. The summed E-state index contributed by atoms with van der Waals surface area (Å²) in [7, 11) is 0. The van der Waals surface area contributed by atoms with E-state index in [1.807, 2.05) is 0 Å². The van der Waals surface area contributed by atoms with Gasteiger partial charge in [0.2, 0.25) is 11.8 Å². The van der Waals surface area contributed by atoms with E-state index in [1.165, 1.54) is 0 Å². The molecule has 0 amide bonds. The van der Waals surface area contributed by atoms with Gasteiger partial charge in [-0.1, -0.05) is 20.8 Å². The molecule has 18 heavy (non-hydrogen) atoms. The number of rotatable bonds is 6. The van der Waals surface area contributed by atoms with E-state index in [-0.39, 0.29) is 12.1 Å². The van der Waals surface area contributed by atoms with Crippen molar-refractivity contribution in [3.8, 4) is 0 Å². The van der Waals surface area contributed by atoms with Crippen LogP contribution in [0.25, 0.3) is 0 Å². The molecule has 5 heteroatoms. The SMILES string of the molecule is CCCNC(CC)c1nnc(C2OCCC2C)o1. The first-order valence-corrected chi connectivity index (χ1v) is 6.94. The minimum atomic E-state index is -0.0186. The summed E-state index contributed by atoms with van der Waals surface area (Å²) in [4.78, 5) is 0. The number of ether oxygens (including phenoxy) is 1. The van der Waals surface area contributed by atoms with E-state index in [4.69, 9.17) is 9.15 Å². The summed E-state index contributed by atoms with van der Waals surface area (Å²) in [5.41, 5.74) is 0.